The largest absolute Gasteiger partial charge is 0.337 e. The minimum Gasteiger partial charge on any atom is -0.337 e. The van der Waals surface area contributed by atoms with E-state index in [2.05, 4.69) is 5.32 Å². The molecule has 1 aliphatic heterocycles. The van der Waals surface area contributed by atoms with Crippen molar-refractivity contribution in [1.82, 2.24) is 5.32 Å². The van der Waals surface area contributed by atoms with Gasteiger partial charge in [-0.05, 0) is 32.9 Å². The molecule has 0 aromatic heterocycles. The van der Waals surface area contributed by atoms with Gasteiger partial charge in [-0.1, -0.05) is 17.7 Å². The standard InChI is InChI=1S/C12H17NO4S/c1-9-4-6-10(7-5-9)18(14,15)17-11-13-12(2,3)8-16-11/h4-7,11,13H,8H2,1-3H3. The van der Waals surface area contributed by atoms with Crippen LogP contribution >= 0.6 is 0 Å². The van der Waals surface area contributed by atoms with Crippen molar-refractivity contribution in [2.24, 2.45) is 0 Å². The fourth-order valence-corrected chi connectivity index (χ4v) is 2.53. The molecule has 1 aromatic rings. The molecule has 1 N–H and O–H groups in total. The highest BCUT2D eigenvalue weighted by Crippen LogP contribution is 2.20. The van der Waals surface area contributed by atoms with Gasteiger partial charge in [-0.25, -0.2) is 4.18 Å². The van der Waals surface area contributed by atoms with E-state index in [0.717, 1.165) is 5.56 Å². The summed E-state index contributed by atoms with van der Waals surface area (Å²) < 4.78 is 34.2. The van der Waals surface area contributed by atoms with Crippen molar-refractivity contribution in [3.63, 3.8) is 0 Å². The second kappa shape index (κ2) is 4.62. The third-order valence-corrected chi connectivity index (χ3v) is 3.91. The highest BCUT2D eigenvalue weighted by Gasteiger charge is 2.34. The molecule has 100 valence electrons. The highest BCUT2D eigenvalue weighted by atomic mass is 32.2. The maximum Gasteiger partial charge on any atom is 0.300 e. The van der Waals surface area contributed by atoms with Crippen molar-refractivity contribution in [2.45, 2.75) is 37.6 Å². The molecule has 5 nitrogen and oxygen atoms in total. The summed E-state index contributed by atoms with van der Waals surface area (Å²) in [6, 6.07) is 6.49. The molecule has 1 heterocycles. The lowest BCUT2D eigenvalue weighted by Crippen LogP contribution is -2.40. The van der Waals surface area contributed by atoms with Gasteiger partial charge < -0.3 is 4.74 Å². The van der Waals surface area contributed by atoms with Crippen LogP contribution in [0, 0.1) is 6.92 Å². The fourth-order valence-electron chi connectivity index (χ4n) is 1.61. The first-order valence-corrected chi connectivity index (χ1v) is 7.09. The first-order chi connectivity index (χ1) is 8.28. The van der Waals surface area contributed by atoms with Crippen molar-refractivity contribution in [2.75, 3.05) is 6.61 Å². The van der Waals surface area contributed by atoms with Gasteiger partial charge in [-0.15, -0.1) is 0 Å². The molecule has 0 amide bonds. The van der Waals surface area contributed by atoms with Crippen LogP contribution in [0.3, 0.4) is 0 Å². The molecular weight excluding hydrogens is 254 g/mol. The maximum atomic E-state index is 12.0. The molecule has 1 aliphatic rings. The zero-order valence-electron chi connectivity index (χ0n) is 10.6. The molecule has 1 unspecified atom stereocenters. The van der Waals surface area contributed by atoms with Gasteiger partial charge in [0.25, 0.3) is 10.1 Å². The molecule has 0 radical (unpaired) electrons. The Morgan fingerprint density at radius 2 is 1.94 bits per heavy atom. The van der Waals surface area contributed by atoms with Crippen LogP contribution in [0.15, 0.2) is 29.2 Å². The van der Waals surface area contributed by atoms with Crippen LogP contribution < -0.4 is 5.32 Å². The fraction of sp³-hybridized carbons (Fsp3) is 0.500. The van der Waals surface area contributed by atoms with Gasteiger partial charge in [0, 0.05) is 5.54 Å². The Kier molecular flexibility index (Phi) is 3.46. The van der Waals surface area contributed by atoms with E-state index in [1.165, 1.54) is 12.1 Å². The second-order valence-corrected chi connectivity index (χ2v) is 6.61. The zero-order valence-corrected chi connectivity index (χ0v) is 11.5. The van der Waals surface area contributed by atoms with Crippen molar-refractivity contribution >= 4 is 10.1 Å². The van der Waals surface area contributed by atoms with Crippen molar-refractivity contribution in [3.8, 4) is 0 Å². The SMILES string of the molecule is Cc1ccc(S(=O)(=O)OC2NC(C)(C)CO2)cc1. The summed E-state index contributed by atoms with van der Waals surface area (Å²) in [5.74, 6) is 0. The van der Waals surface area contributed by atoms with Crippen LogP contribution in [0.1, 0.15) is 19.4 Å². The Hall–Kier alpha value is -0.950. The molecule has 1 fully saturated rings. The van der Waals surface area contributed by atoms with E-state index in [4.69, 9.17) is 8.92 Å². The van der Waals surface area contributed by atoms with Gasteiger partial charge in [0.05, 0.1) is 11.5 Å². The lowest BCUT2D eigenvalue weighted by molar-refractivity contribution is -0.0473. The van der Waals surface area contributed by atoms with Gasteiger partial charge in [0.15, 0.2) is 0 Å². The molecule has 0 bridgehead atoms. The number of nitrogens with one attached hydrogen (secondary N) is 1. The maximum absolute atomic E-state index is 12.0. The first kappa shape index (κ1) is 13.5. The van der Waals surface area contributed by atoms with Gasteiger partial charge in [-0.2, -0.15) is 8.42 Å². The summed E-state index contributed by atoms with van der Waals surface area (Å²) >= 11 is 0. The van der Waals surface area contributed by atoms with Crippen molar-refractivity contribution < 1.29 is 17.3 Å². The Morgan fingerprint density at radius 1 is 1.33 bits per heavy atom. The van der Waals surface area contributed by atoms with E-state index in [1.807, 2.05) is 20.8 Å². The van der Waals surface area contributed by atoms with Crippen LogP contribution in [0.25, 0.3) is 0 Å². The van der Waals surface area contributed by atoms with E-state index in [-0.39, 0.29) is 10.4 Å². The lowest BCUT2D eigenvalue weighted by Gasteiger charge is -2.16. The van der Waals surface area contributed by atoms with Crippen LogP contribution in [-0.4, -0.2) is 27.0 Å². The number of ether oxygens (including phenoxy) is 1. The second-order valence-electron chi connectivity index (χ2n) is 5.03. The van der Waals surface area contributed by atoms with Crippen LogP contribution in [0.5, 0.6) is 0 Å². The Morgan fingerprint density at radius 3 is 2.44 bits per heavy atom. The number of benzene rings is 1. The van der Waals surface area contributed by atoms with Crippen molar-refractivity contribution in [1.29, 1.82) is 0 Å². The van der Waals surface area contributed by atoms with Crippen LogP contribution in [-0.2, 0) is 19.0 Å². The summed E-state index contributed by atoms with van der Waals surface area (Å²) in [6.45, 7) is 6.12. The van der Waals surface area contributed by atoms with Gasteiger partial charge in [-0.3, -0.25) is 5.32 Å². The third-order valence-electron chi connectivity index (χ3n) is 2.63. The average molecular weight is 271 g/mol. The van der Waals surface area contributed by atoms with E-state index < -0.39 is 16.5 Å². The van der Waals surface area contributed by atoms with Crippen LogP contribution in [0.4, 0.5) is 0 Å². The summed E-state index contributed by atoms with van der Waals surface area (Å²) in [6.07, 6.45) is -0.925. The quantitative estimate of drug-likeness (QED) is 0.841. The molecule has 2 rings (SSSR count). The van der Waals surface area contributed by atoms with E-state index in [9.17, 15) is 8.42 Å². The normalized spacial score (nSPS) is 23.2. The van der Waals surface area contributed by atoms with Gasteiger partial charge >= 0.3 is 0 Å². The van der Waals surface area contributed by atoms with E-state index >= 15 is 0 Å². The Balaban J connectivity index is 2.11. The van der Waals surface area contributed by atoms with Gasteiger partial charge in [0.2, 0.25) is 6.41 Å². The molecule has 0 spiro atoms. The molecule has 1 aromatic carbocycles. The molecule has 18 heavy (non-hydrogen) atoms. The predicted molar refractivity (Wildman–Crippen MR) is 66.4 cm³/mol. The predicted octanol–water partition coefficient (Wildman–Crippen LogP) is 1.38. The summed E-state index contributed by atoms with van der Waals surface area (Å²) in [7, 11) is -3.80. The molecular formula is C12H17NO4S. The molecule has 6 heteroatoms. The monoisotopic (exact) mass is 271 g/mol. The van der Waals surface area contributed by atoms with Crippen molar-refractivity contribution in [3.05, 3.63) is 29.8 Å². The molecule has 1 atom stereocenters. The Bertz CT molecular complexity index is 522. The van der Waals surface area contributed by atoms with Crippen LogP contribution in [0.2, 0.25) is 0 Å². The number of hydrogen-bond donors (Lipinski definition) is 1. The minimum atomic E-state index is -3.80. The summed E-state index contributed by atoms with van der Waals surface area (Å²) in [4.78, 5) is 0.128. The smallest absolute Gasteiger partial charge is 0.300 e. The topological polar surface area (TPSA) is 64.6 Å². The van der Waals surface area contributed by atoms with E-state index in [1.54, 1.807) is 12.1 Å². The molecule has 1 saturated heterocycles. The zero-order chi connectivity index (χ0) is 13.4. The minimum absolute atomic E-state index is 0.128. The summed E-state index contributed by atoms with van der Waals surface area (Å²) in [5.41, 5.74) is 0.707. The molecule has 0 aliphatic carbocycles. The van der Waals surface area contributed by atoms with Gasteiger partial charge in [0.1, 0.15) is 0 Å². The van der Waals surface area contributed by atoms with E-state index in [0.29, 0.717) is 6.61 Å². The number of rotatable bonds is 3. The number of hydrogen-bond acceptors (Lipinski definition) is 5. The summed E-state index contributed by atoms with van der Waals surface area (Å²) in [5, 5.41) is 2.94. The third kappa shape index (κ3) is 3.08. The first-order valence-electron chi connectivity index (χ1n) is 5.68. The number of aryl methyl sites for hydroxylation is 1. The lowest BCUT2D eigenvalue weighted by atomic mass is 10.1. The average Bonchev–Trinajstić information content (AvgIpc) is 2.57. The molecule has 0 saturated carbocycles. The Labute approximate surface area is 107 Å². The highest BCUT2D eigenvalue weighted by molar-refractivity contribution is 7.86.